The third-order valence-electron chi connectivity index (χ3n) is 2.61. The minimum absolute atomic E-state index is 0.109. The lowest BCUT2D eigenvalue weighted by atomic mass is 10.1. The van der Waals surface area contributed by atoms with Crippen molar-refractivity contribution in [2.45, 2.75) is 25.0 Å². The molecular formula is C11H11BrF2O. The quantitative estimate of drug-likeness (QED) is 0.751. The van der Waals surface area contributed by atoms with Gasteiger partial charge in [-0.25, -0.2) is 8.78 Å². The molecular weight excluding hydrogens is 266 g/mol. The molecule has 2 rings (SSSR count). The average molecular weight is 277 g/mol. The van der Waals surface area contributed by atoms with Crippen LogP contribution in [0.4, 0.5) is 8.78 Å². The lowest BCUT2D eigenvalue weighted by Gasteiger charge is -2.13. The normalized spacial score (nSPS) is 25.8. The standard InChI is InChI=1S/C11H11BrF2O/c12-6-7-4-5-10(15-7)8-2-1-3-9(13)11(8)14/h1-3,7,10H,4-6H2. The van der Waals surface area contributed by atoms with Crippen LogP contribution in [0.2, 0.25) is 0 Å². The fourth-order valence-corrected chi connectivity index (χ4v) is 2.29. The molecule has 1 aliphatic heterocycles. The Labute approximate surface area is 95.6 Å². The smallest absolute Gasteiger partial charge is 0.164 e. The van der Waals surface area contributed by atoms with Crippen LogP contribution in [0.1, 0.15) is 24.5 Å². The van der Waals surface area contributed by atoms with E-state index in [4.69, 9.17) is 4.74 Å². The van der Waals surface area contributed by atoms with E-state index in [2.05, 4.69) is 15.9 Å². The van der Waals surface area contributed by atoms with Crippen LogP contribution in [-0.2, 0) is 4.74 Å². The van der Waals surface area contributed by atoms with E-state index >= 15 is 0 Å². The molecule has 82 valence electrons. The molecule has 0 aromatic heterocycles. The summed E-state index contributed by atoms with van der Waals surface area (Å²) >= 11 is 3.32. The molecule has 1 aliphatic rings. The van der Waals surface area contributed by atoms with Gasteiger partial charge in [0.15, 0.2) is 11.6 Å². The molecule has 0 amide bonds. The van der Waals surface area contributed by atoms with Gasteiger partial charge in [0.2, 0.25) is 0 Å². The SMILES string of the molecule is Fc1cccc(C2CCC(CBr)O2)c1F. The van der Waals surface area contributed by atoms with Crippen LogP contribution in [0.25, 0.3) is 0 Å². The summed E-state index contributed by atoms with van der Waals surface area (Å²) in [4.78, 5) is 0. The van der Waals surface area contributed by atoms with Crippen LogP contribution in [0.15, 0.2) is 18.2 Å². The topological polar surface area (TPSA) is 9.23 Å². The van der Waals surface area contributed by atoms with E-state index < -0.39 is 11.6 Å². The molecule has 0 aliphatic carbocycles. The third kappa shape index (κ3) is 2.21. The number of hydrogen-bond acceptors (Lipinski definition) is 1. The Kier molecular flexibility index (Phi) is 3.36. The number of alkyl halides is 1. The van der Waals surface area contributed by atoms with Gasteiger partial charge >= 0.3 is 0 Å². The maximum absolute atomic E-state index is 13.4. The van der Waals surface area contributed by atoms with E-state index in [0.717, 1.165) is 24.2 Å². The summed E-state index contributed by atoms with van der Waals surface area (Å²) in [5.74, 6) is -1.59. The van der Waals surface area contributed by atoms with Crippen molar-refractivity contribution in [2.75, 3.05) is 5.33 Å². The van der Waals surface area contributed by atoms with Gasteiger partial charge in [0.05, 0.1) is 12.2 Å². The van der Waals surface area contributed by atoms with Gasteiger partial charge in [-0.1, -0.05) is 28.1 Å². The highest BCUT2D eigenvalue weighted by Gasteiger charge is 2.28. The fourth-order valence-electron chi connectivity index (χ4n) is 1.82. The average Bonchev–Trinajstić information content (AvgIpc) is 2.70. The van der Waals surface area contributed by atoms with Crippen LogP contribution in [-0.4, -0.2) is 11.4 Å². The zero-order chi connectivity index (χ0) is 10.8. The van der Waals surface area contributed by atoms with E-state index in [1.165, 1.54) is 6.07 Å². The van der Waals surface area contributed by atoms with Crippen molar-refractivity contribution in [3.05, 3.63) is 35.4 Å². The van der Waals surface area contributed by atoms with Gasteiger partial charge in [0.1, 0.15) is 0 Å². The second-order valence-electron chi connectivity index (χ2n) is 3.62. The molecule has 1 aromatic carbocycles. The Morgan fingerprint density at radius 1 is 1.33 bits per heavy atom. The van der Waals surface area contributed by atoms with Crippen molar-refractivity contribution in [3.63, 3.8) is 0 Å². The molecule has 1 aromatic rings. The molecule has 0 bridgehead atoms. The first-order chi connectivity index (χ1) is 7.22. The van der Waals surface area contributed by atoms with Gasteiger partial charge < -0.3 is 4.74 Å². The van der Waals surface area contributed by atoms with Crippen molar-refractivity contribution < 1.29 is 13.5 Å². The van der Waals surface area contributed by atoms with Gasteiger partial charge in [-0.2, -0.15) is 0 Å². The number of benzene rings is 1. The number of halogens is 3. The summed E-state index contributed by atoms with van der Waals surface area (Å²) in [6, 6.07) is 4.22. The Balaban J connectivity index is 2.20. The highest BCUT2D eigenvalue weighted by molar-refractivity contribution is 9.09. The van der Waals surface area contributed by atoms with Crippen LogP contribution in [0.5, 0.6) is 0 Å². The van der Waals surface area contributed by atoms with Crippen LogP contribution < -0.4 is 0 Å². The fraction of sp³-hybridized carbons (Fsp3) is 0.455. The molecule has 0 radical (unpaired) electrons. The van der Waals surface area contributed by atoms with E-state index in [1.54, 1.807) is 6.07 Å². The van der Waals surface area contributed by atoms with Crippen molar-refractivity contribution >= 4 is 15.9 Å². The third-order valence-corrected chi connectivity index (χ3v) is 3.33. The van der Waals surface area contributed by atoms with Gasteiger partial charge in [0.25, 0.3) is 0 Å². The van der Waals surface area contributed by atoms with Crippen LogP contribution >= 0.6 is 15.9 Å². The Bertz CT molecular complexity index is 356. The molecule has 1 nitrogen and oxygen atoms in total. The number of hydrogen-bond donors (Lipinski definition) is 0. The summed E-state index contributed by atoms with van der Waals surface area (Å²) in [6.45, 7) is 0. The van der Waals surface area contributed by atoms with E-state index in [-0.39, 0.29) is 12.2 Å². The van der Waals surface area contributed by atoms with E-state index in [0.29, 0.717) is 5.56 Å². The summed E-state index contributed by atoms with van der Waals surface area (Å²) in [5.41, 5.74) is 0.332. The van der Waals surface area contributed by atoms with Gasteiger partial charge in [-0.3, -0.25) is 0 Å². The van der Waals surface area contributed by atoms with Crippen molar-refractivity contribution in [1.29, 1.82) is 0 Å². The Morgan fingerprint density at radius 3 is 2.80 bits per heavy atom. The van der Waals surface area contributed by atoms with Crippen molar-refractivity contribution in [3.8, 4) is 0 Å². The minimum Gasteiger partial charge on any atom is -0.369 e. The summed E-state index contributed by atoms with van der Waals surface area (Å²) in [5, 5.41) is 0.737. The predicted molar refractivity (Wildman–Crippen MR) is 57.0 cm³/mol. The minimum atomic E-state index is -0.807. The molecule has 1 heterocycles. The van der Waals surface area contributed by atoms with Crippen molar-refractivity contribution in [2.24, 2.45) is 0 Å². The molecule has 4 heteroatoms. The molecule has 15 heavy (non-hydrogen) atoms. The molecule has 2 atom stereocenters. The van der Waals surface area contributed by atoms with E-state index in [9.17, 15) is 8.78 Å². The monoisotopic (exact) mass is 276 g/mol. The molecule has 0 saturated carbocycles. The van der Waals surface area contributed by atoms with Gasteiger partial charge in [-0.05, 0) is 18.9 Å². The largest absolute Gasteiger partial charge is 0.369 e. The zero-order valence-corrected chi connectivity index (χ0v) is 9.64. The summed E-state index contributed by atoms with van der Waals surface area (Å²) in [6.07, 6.45) is 1.43. The molecule has 0 N–H and O–H groups in total. The zero-order valence-electron chi connectivity index (χ0n) is 8.05. The highest BCUT2D eigenvalue weighted by Crippen LogP contribution is 2.34. The lowest BCUT2D eigenvalue weighted by molar-refractivity contribution is 0.0562. The first-order valence-corrected chi connectivity index (χ1v) is 6.00. The summed E-state index contributed by atoms with van der Waals surface area (Å²) < 4.78 is 32.0. The first-order valence-electron chi connectivity index (χ1n) is 4.87. The highest BCUT2D eigenvalue weighted by atomic mass is 79.9. The predicted octanol–water partition coefficient (Wildman–Crippen LogP) is 3.58. The Morgan fingerprint density at radius 2 is 2.13 bits per heavy atom. The maximum Gasteiger partial charge on any atom is 0.164 e. The van der Waals surface area contributed by atoms with Crippen molar-refractivity contribution in [1.82, 2.24) is 0 Å². The van der Waals surface area contributed by atoms with E-state index in [1.807, 2.05) is 0 Å². The second-order valence-corrected chi connectivity index (χ2v) is 4.27. The number of rotatable bonds is 2. The lowest BCUT2D eigenvalue weighted by Crippen LogP contribution is -2.08. The number of ether oxygens (including phenoxy) is 1. The van der Waals surface area contributed by atoms with Crippen LogP contribution in [0.3, 0.4) is 0 Å². The molecule has 2 unspecified atom stereocenters. The molecule has 1 fully saturated rings. The molecule has 0 spiro atoms. The maximum atomic E-state index is 13.4. The van der Waals surface area contributed by atoms with Crippen LogP contribution in [0, 0.1) is 11.6 Å². The first kappa shape index (κ1) is 11.0. The Hall–Kier alpha value is -0.480. The summed E-state index contributed by atoms with van der Waals surface area (Å²) in [7, 11) is 0. The van der Waals surface area contributed by atoms with Gasteiger partial charge in [-0.15, -0.1) is 0 Å². The second kappa shape index (κ2) is 4.58. The molecule has 1 saturated heterocycles. The van der Waals surface area contributed by atoms with Gasteiger partial charge in [0, 0.05) is 10.9 Å².